The molecule has 1 saturated carbocycles. The summed E-state index contributed by atoms with van der Waals surface area (Å²) in [5, 5.41) is 11.7. The largest absolute Gasteiger partial charge is 0.354 e. The standard InChI is InChI=1S/C21H28N4O2S/c1-14(2)23-20(26)16-9-6-10-17(11-16)24-21(27)22-12-19-25-18(13-28-19)15-7-4-3-5-8-15/h3-5,7-8,13-14,16-17H,6,9-12H2,1-2H3,(H,23,26)(H2,22,24,27). The summed E-state index contributed by atoms with van der Waals surface area (Å²) in [5.74, 6) is 0.0759. The Morgan fingerprint density at radius 1 is 1.21 bits per heavy atom. The summed E-state index contributed by atoms with van der Waals surface area (Å²) >= 11 is 1.54. The van der Waals surface area contributed by atoms with E-state index in [1.807, 2.05) is 49.6 Å². The second kappa shape index (κ2) is 9.68. The lowest BCUT2D eigenvalue weighted by Gasteiger charge is -2.29. The molecule has 1 fully saturated rings. The molecule has 1 aliphatic carbocycles. The Kier molecular flexibility index (Phi) is 7.03. The molecule has 0 saturated heterocycles. The first-order valence-corrected chi connectivity index (χ1v) is 10.7. The SMILES string of the molecule is CC(C)NC(=O)C1CCCC(NC(=O)NCc2nc(-c3ccccc3)cs2)C1. The predicted octanol–water partition coefficient (Wildman–Crippen LogP) is 3.69. The highest BCUT2D eigenvalue weighted by Gasteiger charge is 2.28. The maximum atomic E-state index is 12.3. The summed E-state index contributed by atoms with van der Waals surface area (Å²) in [4.78, 5) is 29.1. The molecule has 0 radical (unpaired) electrons. The highest BCUT2D eigenvalue weighted by Crippen LogP contribution is 2.25. The van der Waals surface area contributed by atoms with E-state index in [1.54, 1.807) is 0 Å². The van der Waals surface area contributed by atoms with Crippen molar-refractivity contribution >= 4 is 23.3 Å². The zero-order valence-electron chi connectivity index (χ0n) is 16.4. The quantitative estimate of drug-likeness (QED) is 0.691. The molecule has 3 N–H and O–H groups in total. The zero-order valence-corrected chi connectivity index (χ0v) is 17.2. The van der Waals surface area contributed by atoms with Gasteiger partial charge in [0.25, 0.3) is 0 Å². The van der Waals surface area contributed by atoms with Gasteiger partial charge in [0.2, 0.25) is 5.91 Å². The van der Waals surface area contributed by atoms with Crippen molar-refractivity contribution in [2.45, 2.75) is 58.2 Å². The Morgan fingerprint density at radius 2 is 2.00 bits per heavy atom. The van der Waals surface area contributed by atoms with Crippen LogP contribution in [0, 0.1) is 5.92 Å². The highest BCUT2D eigenvalue weighted by molar-refractivity contribution is 7.09. The summed E-state index contributed by atoms with van der Waals surface area (Å²) in [6, 6.07) is 9.97. The van der Waals surface area contributed by atoms with Gasteiger partial charge < -0.3 is 16.0 Å². The summed E-state index contributed by atoms with van der Waals surface area (Å²) in [7, 11) is 0. The minimum Gasteiger partial charge on any atom is -0.354 e. The number of aromatic nitrogens is 1. The van der Waals surface area contributed by atoms with Gasteiger partial charge in [-0.1, -0.05) is 36.8 Å². The lowest BCUT2D eigenvalue weighted by molar-refractivity contribution is -0.126. The number of nitrogens with zero attached hydrogens (tertiary/aromatic N) is 1. The first-order chi connectivity index (χ1) is 13.5. The van der Waals surface area contributed by atoms with Crippen LogP contribution in [0.3, 0.4) is 0 Å². The van der Waals surface area contributed by atoms with E-state index in [0.29, 0.717) is 13.0 Å². The Hall–Kier alpha value is -2.41. The van der Waals surface area contributed by atoms with Crippen molar-refractivity contribution in [2.24, 2.45) is 5.92 Å². The number of urea groups is 1. The van der Waals surface area contributed by atoms with Crippen LogP contribution >= 0.6 is 11.3 Å². The van der Waals surface area contributed by atoms with Gasteiger partial charge in [-0.25, -0.2) is 9.78 Å². The number of rotatable bonds is 6. The summed E-state index contributed by atoms with van der Waals surface area (Å²) < 4.78 is 0. The van der Waals surface area contributed by atoms with E-state index in [1.165, 1.54) is 11.3 Å². The molecule has 0 spiro atoms. The summed E-state index contributed by atoms with van der Waals surface area (Å²) in [6.45, 7) is 4.32. The van der Waals surface area contributed by atoms with Crippen molar-refractivity contribution < 1.29 is 9.59 Å². The number of hydrogen-bond acceptors (Lipinski definition) is 4. The van der Waals surface area contributed by atoms with Crippen molar-refractivity contribution in [3.05, 3.63) is 40.7 Å². The van der Waals surface area contributed by atoms with Gasteiger partial charge in [-0.3, -0.25) is 4.79 Å². The second-order valence-corrected chi connectivity index (χ2v) is 8.49. The van der Waals surface area contributed by atoms with Gasteiger partial charge in [-0.15, -0.1) is 11.3 Å². The smallest absolute Gasteiger partial charge is 0.315 e. The fraction of sp³-hybridized carbons (Fsp3) is 0.476. The molecule has 0 bridgehead atoms. The number of carbonyl (C=O) groups is 2. The van der Waals surface area contributed by atoms with Crippen LogP contribution in [0.1, 0.15) is 44.5 Å². The Bertz CT molecular complexity index is 791. The Morgan fingerprint density at radius 3 is 2.75 bits per heavy atom. The van der Waals surface area contributed by atoms with Crippen molar-refractivity contribution in [3.63, 3.8) is 0 Å². The maximum absolute atomic E-state index is 12.3. The number of benzene rings is 1. The number of nitrogens with one attached hydrogen (secondary N) is 3. The zero-order chi connectivity index (χ0) is 19.9. The van der Waals surface area contributed by atoms with Crippen LogP contribution in [-0.2, 0) is 11.3 Å². The number of carbonyl (C=O) groups excluding carboxylic acids is 2. The monoisotopic (exact) mass is 400 g/mol. The molecular formula is C21H28N4O2S. The predicted molar refractivity (Wildman–Crippen MR) is 112 cm³/mol. The fourth-order valence-corrected chi connectivity index (χ4v) is 4.23. The van der Waals surface area contributed by atoms with Gasteiger partial charge in [0, 0.05) is 28.9 Å². The number of hydrogen-bond donors (Lipinski definition) is 3. The van der Waals surface area contributed by atoms with Gasteiger partial charge in [0.15, 0.2) is 0 Å². The highest BCUT2D eigenvalue weighted by atomic mass is 32.1. The normalized spacial score (nSPS) is 19.2. The maximum Gasteiger partial charge on any atom is 0.315 e. The molecule has 1 aliphatic rings. The molecule has 6 nitrogen and oxygen atoms in total. The molecule has 2 unspecified atom stereocenters. The fourth-order valence-electron chi connectivity index (χ4n) is 3.49. The second-order valence-electron chi connectivity index (χ2n) is 7.54. The molecular weight excluding hydrogens is 372 g/mol. The van der Waals surface area contributed by atoms with Crippen LogP contribution in [0.15, 0.2) is 35.7 Å². The minimum absolute atomic E-state index is 0.0196. The topological polar surface area (TPSA) is 83.1 Å². The first-order valence-electron chi connectivity index (χ1n) is 9.86. The van der Waals surface area contributed by atoms with E-state index in [4.69, 9.17) is 0 Å². The van der Waals surface area contributed by atoms with Crippen molar-refractivity contribution in [1.82, 2.24) is 20.9 Å². The van der Waals surface area contributed by atoms with Crippen molar-refractivity contribution in [3.8, 4) is 11.3 Å². The van der Waals surface area contributed by atoms with Crippen LogP contribution < -0.4 is 16.0 Å². The van der Waals surface area contributed by atoms with Gasteiger partial charge in [0.1, 0.15) is 5.01 Å². The van der Waals surface area contributed by atoms with Crippen molar-refractivity contribution in [1.29, 1.82) is 0 Å². The lowest BCUT2D eigenvalue weighted by atomic mass is 9.85. The average molecular weight is 401 g/mol. The van der Waals surface area contributed by atoms with E-state index in [2.05, 4.69) is 20.9 Å². The summed E-state index contributed by atoms with van der Waals surface area (Å²) in [6.07, 6.45) is 3.45. The first kappa shape index (κ1) is 20.3. The average Bonchev–Trinajstić information content (AvgIpc) is 3.16. The minimum atomic E-state index is -0.202. The van der Waals surface area contributed by atoms with Crippen LogP contribution in [-0.4, -0.2) is 29.0 Å². The molecule has 1 heterocycles. The summed E-state index contributed by atoms with van der Waals surface area (Å²) in [5.41, 5.74) is 2.00. The van der Waals surface area contributed by atoms with Gasteiger partial charge in [0.05, 0.1) is 12.2 Å². The van der Waals surface area contributed by atoms with E-state index in [-0.39, 0.29) is 29.9 Å². The molecule has 1 aromatic heterocycles. The van der Waals surface area contributed by atoms with Gasteiger partial charge in [-0.05, 0) is 33.1 Å². The van der Waals surface area contributed by atoms with Crippen LogP contribution in [0.4, 0.5) is 4.79 Å². The molecule has 150 valence electrons. The Balaban J connectivity index is 1.45. The molecule has 0 aliphatic heterocycles. The Labute approximate surface area is 170 Å². The number of thiazole rings is 1. The lowest BCUT2D eigenvalue weighted by Crippen LogP contribution is -2.46. The third-order valence-corrected chi connectivity index (χ3v) is 5.68. The third kappa shape index (κ3) is 5.79. The van der Waals surface area contributed by atoms with Crippen molar-refractivity contribution in [2.75, 3.05) is 0 Å². The molecule has 28 heavy (non-hydrogen) atoms. The molecule has 3 amide bonds. The van der Waals surface area contributed by atoms with Crippen LogP contribution in [0.5, 0.6) is 0 Å². The third-order valence-electron chi connectivity index (χ3n) is 4.83. The van der Waals surface area contributed by atoms with Crippen LogP contribution in [0.2, 0.25) is 0 Å². The van der Waals surface area contributed by atoms with E-state index in [9.17, 15) is 9.59 Å². The van der Waals surface area contributed by atoms with E-state index >= 15 is 0 Å². The molecule has 2 aromatic rings. The molecule has 2 atom stereocenters. The molecule has 7 heteroatoms. The molecule has 3 rings (SSSR count). The van der Waals surface area contributed by atoms with E-state index < -0.39 is 0 Å². The molecule has 1 aromatic carbocycles. The van der Waals surface area contributed by atoms with Gasteiger partial charge in [-0.2, -0.15) is 0 Å². The van der Waals surface area contributed by atoms with Crippen LogP contribution in [0.25, 0.3) is 11.3 Å². The van der Waals surface area contributed by atoms with E-state index in [0.717, 1.165) is 35.5 Å². The van der Waals surface area contributed by atoms with Gasteiger partial charge >= 0.3 is 6.03 Å². The number of amides is 3.